The Morgan fingerprint density at radius 1 is 1.33 bits per heavy atom. The molecule has 0 amide bonds. The highest BCUT2D eigenvalue weighted by molar-refractivity contribution is 7.92. The molecule has 6 heteroatoms. The lowest BCUT2D eigenvalue weighted by Crippen LogP contribution is -2.25. The third kappa shape index (κ3) is 3.13. The van der Waals surface area contributed by atoms with Gasteiger partial charge < -0.3 is 0 Å². The molecule has 12 heavy (non-hydrogen) atoms. The Balaban J connectivity index is 4.33. The van der Waals surface area contributed by atoms with E-state index in [0.29, 0.717) is 0 Å². The molecule has 0 atom stereocenters. The van der Waals surface area contributed by atoms with E-state index in [0.717, 1.165) is 0 Å². The van der Waals surface area contributed by atoms with E-state index in [1.165, 1.54) is 6.92 Å². The van der Waals surface area contributed by atoms with Crippen LogP contribution >= 0.6 is 0 Å². The minimum absolute atomic E-state index is 0.279. The first-order valence-electron chi connectivity index (χ1n) is 3.00. The number of hydrogen-bond donors (Lipinski definition) is 0. The van der Waals surface area contributed by atoms with Crippen LogP contribution in [-0.4, -0.2) is 19.7 Å². The number of hydrogen-bond acceptors (Lipinski definition) is 2. The van der Waals surface area contributed by atoms with Gasteiger partial charge in [-0.3, -0.25) is 0 Å². The highest BCUT2D eigenvalue weighted by Gasteiger charge is 2.44. The second-order valence-corrected chi connectivity index (χ2v) is 4.04. The molecule has 0 heterocycles. The molecule has 0 aliphatic carbocycles. The molecule has 0 spiro atoms. The summed E-state index contributed by atoms with van der Waals surface area (Å²) < 4.78 is 55.5. The van der Waals surface area contributed by atoms with Crippen LogP contribution in [0.1, 0.15) is 13.3 Å². The van der Waals surface area contributed by atoms with Crippen molar-refractivity contribution < 1.29 is 21.6 Å². The van der Waals surface area contributed by atoms with Crippen LogP contribution in [0, 0.1) is 11.8 Å². The molecule has 0 aliphatic heterocycles. The van der Waals surface area contributed by atoms with Gasteiger partial charge in [-0.15, -0.1) is 11.8 Å². The standard InChI is InChI=1S/C6H7F3O2S/c1-2-3-4-5-12(10,11)6(7,8)9/h4-5H2,1H3. The summed E-state index contributed by atoms with van der Waals surface area (Å²) in [5, 5.41) is 0. The van der Waals surface area contributed by atoms with Crippen LogP contribution < -0.4 is 0 Å². The first-order valence-corrected chi connectivity index (χ1v) is 4.65. The quantitative estimate of drug-likeness (QED) is 0.630. The third-order valence-corrected chi connectivity index (χ3v) is 2.47. The van der Waals surface area contributed by atoms with Crippen molar-refractivity contribution in [1.82, 2.24) is 0 Å². The predicted octanol–water partition coefficient (Wildman–Crippen LogP) is 1.33. The van der Waals surface area contributed by atoms with Crippen molar-refractivity contribution in [2.24, 2.45) is 0 Å². The average Bonchev–Trinajstić information content (AvgIpc) is 1.85. The van der Waals surface area contributed by atoms with Crippen molar-refractivity contribution in [2.45, 2.75) is 18.9 Å². The molecule has 70 valence electrons. The van der Waals surface area contributed by atoms with E-state index >= 15 is 0 Å². The van der Waals surface area contributed by atoms with E-state index in [2.05, 4.69) is 11.8 Å². The van der Waals surface area contributed by atoms with Gasteiger partial charge in [-0.05, 0) is 6.92 Å². The summed E-state index contributed by atoms with van der Waals surface area (Å²) in [6, 6.07) is 0. The Labute approximate surface area is 68.7 Å². The van der Waals surface area contributed by atoms with Crippen molar-refractivity contribution in [3.63, 3.8) is 0 Å². The van der Waals surface area contributed by atoms with Crippen molar-refractivity contribution in [2.75, 3.05) is 5.75 Å². The lowest BCUT2D eigenvalue weighted by atomic mass is 10.5. The zero-order chi connectivity index (χ0) is 9.83. The minimum atomic E-state index is -5.15. The maximum Gasteiger partial charge on any atom is 0.497 e. The zero-order valence-corrected chi connectivity index (χ0v) is 7.09. The zero-order valence-electron chi connectivity index (χ0n) is 6.27. The fourth-order valence-corrected chi connectivity index (χ4v) is 1.03. The molecule has 0 rings (SSSR count). The maximum atomic E-state index is 11.6. The van der Waals surface area contributed by atoms with Gasteiger partial charge in [0.25, 0.3) is 0 Å². The lowest BCUT2D eigenvalue weighted by Gasteiger charge is -2.04. The van der Waals surface area contributed by atoms with Crippen LogP contribution in [0.15, 0.2) is 0 Å². The number of rotatable bonds is 2. The Morgan fingerprint density at radius 3 is 2.17 bits per heavy atom. The molecule has 0 aromatic rings. The fraction of sp³-hybridized carbons (Fsp3) is 0.667. The Bertz CT molecular complexity index is 291. The van der Waals surface area contributed by atoms with E-state index in [-0.39, 0.29) is 6.42 Å². The molecule has 0 saturated heterocycles. The second-order valence-electron chi connectivity index (χ2n) is 1.94. The summed E-state index contributed by atoms with van der Waals surface area (Å²) in [6.45, 7) is 1.43. The van der Waals surface area contributed by atoms with Gasteiger partial charge in [0.2, 0.25) is 9.84 Å². The van der Waals surface area contributed by atoms with Crippen molar-refractivity contribution in [3.05, 3.63) is 0 Å². The predicted molar refractivity (Wildman–Crippen MR) is 37.9 cm³/mol. The summed E-state index contributed by atoms with van der Waals surface area (Å²) >= 11 is 0. The summed E-state index contributed by atoms with van der Waals surface area (Å²) in [4.78, 5) is 0. The van der Waals surface area contributed by atoms with Gasteiger partial charge in [0.05, 0.1) is 5.75 Å². The first kappa shape index (κ1) is 11.3. The minimum Gasteiger partial charge on any atom is -0.220 e. The molecule has 2 nitrogen and oxygen atoms in total. The average molecular weight is 200 g/mol. The first-order chi connectivity index (χ1) is 5.31. The normalized spacial score (nSPS) is 12.0. The van der Waals surface area contributed by atoms with Gasteiger partial charge >= 0.3 is 5.51 Å². The van der Waals surface area contributed by atoms with Crippen molar-refractivity contribution in [3.8, 4) is 11.8 Å². The van der Waals surface area contributed by atoms with Crippen molar-refractivity contribution >= 4 is 9.84 Å². The smallest absolute Gasteiger partial charge is 0.220 e. The largest absolute Gasteiger partial charge is 0.497 e. The topological polar surface area (TPSA) is 34.1 Å². The Morgan fingerprint density at radius 2 is 1.83 bits per heavy atom. The highest BCUT2D eigenvalue weighted by Crippen LogP contribution is 2.23. The van der Waals surface area contributed by atoms with E-state index in [9.17, 15) is 21.6 Å². The van der Waals surface area contributed by atoms with E-state index in [4.69, 9.17) is 0 Å². The molecule has 0 N–H and O–H groups in total. The number of alkyl halides is 3. The molecular weight excluding hydrogens is 193 g/mol. The summed E-state index contributed by atoms with van der Waals surface area (Å²) in [5.41, 5.74) is -5.15. The molecular formula is C6H7F3O2S. The van der Waals surface area contributed by atoms with E-state index < -0.39 is 21.1 Å². The van der Waals surface area contributed by atoms with Gasteiger partial charge in [-0.1, -0.05) is 0 Å². The molecule has 0 aromatic heterocycles. The summed E-state index contributed by atoms with van der Waals surface area (Å²) in [7, 11) is -4.97. The van der Waals surface area contributed by atoms with Crippen LogP contribution in [0.4, 0.5) is 13.2 Å². The van der Waals surface area contributed by atoms with E-state index in [1.807, 2.05) is 0 Å². The maximum absolute atomic E-state index is 11.6. The van der Waals surface area contributed by atoms with Gasteiger partial charge in [0.1, 0.15) is 0 Å². The number of halogens is 3. The van der Waals surface area contributed by atoms with Crippen LogP contribution in [0.2, 0.25) is 0 Å². The van der Waals surface area contributed by atoms with Gasteiger partial charge in [0, 0.05) is 6.42 Å². The molecule has 0 radical (unpaired) electrons. The lowest BCUT2D eigenvalue weighted by molar-refractivity contribution is -0.0434. The van der Waals surface area contributed by atoms with Crippen LogP contribution in [0.5, 0.6) is 0 Å². The molecule has 0 unspecified atom stereocenters. The fourth-order valence-electron chi connectivity index (χ4n) is 0.426. The monoisotopic (exact) mass is 200 g/mol. The summed E-state index contributed by atoms with van der Waals surface area (Å²) in [5.74, 6) is 3.60. The number of sulfone groups is 1. The van der Waals surface area contributed by atoms with Gasteiger partial charge in [-0.25, -0.2) is 8.42 Å². The molecule has 0 saturated carbocycles. The van der Waals surface area contributed by atoms with Crippen LogP contribution in [0.25, 0.3) is 0 Å². The highest BCUT2D eigenvalue weighted by atomic mass is 32.2. The molecule has 0 aliphatic rings. The summed E-state index contributed by atoms with van der Waals surface area (Å²) in [6.07, 6.45) is -0.279. The molecule has 0 aromatic carbocycles. The second kappa shape index (κ2) is 3.81. The SMILES string of the molecule is CC#CCCS(=O)(=O)C(F)(F)F. The Hall–Kier alpha value is -0.700. The van der Waals surface area contributed by atoms with Crippen molar-refractivity contribution in [1.29, 1.82) is 0 Å². The molecule has 0 fully saturated rings. The molecule has 0 bridgehead atoms. The third-order valence-electron chi connectivity index (χ3n) is 1.03. The van der Waals surface area contributed by atoms with Crippen LogP contribution in [0.3, 0.4) is 0 Å². The van der Waals surface area contributed by atoms with Gasteiger partial charge in [-0.2, -0.15) is 13.2 Å². The van der Waals surface area contributed by atoms with Crippen LogP contribution in [-0.2, 0) is 9.84 Å². The van der Waals surface area contributed by atoms with Gasteiger partial charge in [0.15, 0.2) is 0 Å². The Kier molecular flexibility index (Phi) is 3.58. The van der Waals surface area contributed by atoms with E-state index in [1.54, 1.807) is 0 Å².